The highest BCUT2D eigenvalue weighted by molar-refractivity contribution is 7.89. The van der Waals surface area contributed by atoms with E-state index in [9.17, 15) is 18.0 Å². The minimum absolute atomic E-state index is 0.121. The van der Waals surface area contributed by atoms with Crippen LogP contribution in [0.15, 0.2) is 29.7 Å². The molecule has 1 fully saturated rings. The number of benzene rings is 1. The number of rotatable bonds is 6. The number of carbonyl (C=O) groups is 2. The Morgan fingerprint density at radius 3 is 2.43 bits per heavy atom. The molecule has 1 aliphatic heterocycles. The Kier molecular flexibility index (Phi) is 7.34. The van der Waals surface area contributed by atoms with Crippen molar-refractivity contribution in [2.75, 3.05) is 26.2 Å². The van der Waals surface area contributed by atoms with E-state index in [0.717, 1.165) is 5.56 Å². The molecule has 1 aromatic rings. The van der Waals surface area contributed by atoms with E-state index in [1.54, 1.807) is 13.8 Å². The Morgan fingerprint density at radius 1 is 1.21 bits per heavy atom. The van der Waals surface area contributed by atoms with Crippen molar-refractivity contribution in [2.24, 2.45) is 0 Å². The van der Waals surface area contributed by atoms with E-state index in [0.29, 0.717) is 24.2 Å². The van der Waals surface area contributed by atoms with Crippen LogP contribution in [0.5, 0.6) is 0 Å². The molecule has 0 aromatic heterocycles. The Hall–Kier alpha value is -2.23. The maximum atomic E-state index is 13.3. The minimum Gasteiger partial charge on any atom is -0.360 e. The lowest BCUT2D eigenvalue weighted by Crippen LogP contribution is -2.53. The van der Waals surface area contributed by atoms with Gasteiger partial charge in [0, 0.05) is 13.1 Å². The Bertz CT molecular complexity index is 843. The molecule has 1 saturated heterocycles. The molecule has 0 radical (unpaired) electrons. The lowest BCUT2D eigenvalue weighted by atomic mass is 10.1. The van der Waals surface area contributed by atoms with Crippen LogP contribution in [0.3, 0.4) is 0 Å². The normalized spacial score (nSPS) is 17.8. The zero-order valence-electron chi connectivity index (χ0n) is 16.4. The van der Waals surface area contributed by atoms with Crippen molar-refractivity contribution < 1.29 is 22.7 Å². The number of ether oxygens (including phenoxy) is 1. The van der Waals surface area contributed by atoms with Crippen LogP contribution < -0.4 is 10.6 Å². The second-order valence-electron chi connectivity index (χ2n) is 6.73. The van der Waals surface area contributed by atoms with Crippen molar-refractivity contribution in [3.05, 3.63) is 41.5 Å². The zero-order valence-corrected chi connectivity index (χ0v) is 17.3. The standard InChI is InChI=1S/C19H27N3O5S/c1-5-7-20-18(23)19(24)21-12-16-22(8-6-9-27-16)28(25,26)17-14(3)10-13(2)11-15(17)4/h5,10-11,16H,1,6-9,12H2,2-4H3,(H,20,23)(H,21,24)/t16-/m0/s1. The maximum absolute atomic E-state index is 13.3. The fraction of sp³-hybridized carbons (Fsp3) is 0.474. The van der Waals surface area contributed by atoms with Crippen LogP contribution in [0.25, 0.3) is 0 Å². The molecule has 0 bridgehead atoms. The number of nitrogens with one attached hydrogen (secondary N) is 2. The van der Waals surface area contributed by atoms with Crippen molar-refractivity contribution in [2.45, 2.75) is 38.3 Å². The average Bonchev–Trinajstić information content (AvgIpc) is 2.63. The van der Waals surface area contributed by atoms with Crippen molar-refractivity contribution in [3.63, 3.8) is 0 Å². The fourth-order valence-electron chi connectivity index (χ4n) is 3.30. The van der Waals surface area contributed by atoms with Gasteiger partial charge in [-0.1, -0.05) is 23.8 Å². The molecule has 0 saturated carbocycles. The van der Waals surface area contributed by atoms with Gasteiger partial charge in [-0.2, -0.15) is 4.31 Å². The second kappa shape index (κ2) is 9.31. The molecule has 1 atom stereocenters. The maximum Gasteiger partial charge on any atom is 0.309 e. The van der Waals surface area contributed by atoms with Crippen LogP contribution in [0.1, 0.15) is 23.1 Å². The van der Waals surface area contributed by atoms with Crippen LogP contribution in [0.2, 0.25) is 0 Å². The number of sulfonamides is 1. The lowest BCUT2D eigenvalue weighted by Gasteiger charge is -2.35. The van der Waals surface area contributed by atoms with E-state index >= 15 is 0 Å². The second-order valence-corrected chi connectivity index (χ2v) is 8.56. The number of hydrogen-bond acceptors (Lipinski definition) is 5. The van der Waals surface area contributed by atoms with E-state index in [1.807, 2.05) is 19.1 Å². The van der Waals surface area contributed by atoms with Gasteiger partial charge in [0.2, 0.25) is 10.0 Å². The molecular weight excluding hydrogens is 382 g/mol. The molecule has 2 amide bonds. The molecule has 8 nitrogen and oxygen atoms in total. The van der Waals surface area contributed by atoms with Crippen LogP contribution in [0.4, 0.5) is 0 Å². The predicted molar refractivity (Wildman–Crippen MR) is 105 cm³/mol. The van der Waals surface area contributed by atoms with Crippen LogP contribution in [-0.2, 0) is 24.3 Å². The summed E-state index contributed by atoms with van der Waals surface area (Å²) in [6.45, 7) is 9.59. The highest BCUT2D eigenvalue weighted by atomic mass is 32.2. The molecule has 9 heteroatoms. The summed E-state index contributed by atoms with van der Waals surface area (Å²) in [5.74, 6) is -1.66. The summed E-state index contributed by atoms with van der Waals surface area (Å²) in [6.07, 6.45) is 1.12. The Morgan fingerprint density at radius 2 is 1.82 bits per heavy atom. The van der Waals surface area contributed by atoms with Gasteiger partial charge in [0.15, 0.2) is 0 Å². The van der Waals surface area contributed by atoms with Gasteiger partial charge >= 0.3 is 11.8 Å². The average molecular weight is 410 g/mol. The van der Waals surface area contributed by atoms with Gasteiger partial charge in [-0.15, -0.1) is 6.58 Å². The van der Waals surface area contributed by atoms with E-state index < -0.39 is 28.1 Å². The smallest absolute Gasteiger partial charge is 0.309 e. The fourth-order valence-corrected chi connectivity index (χ4v) is 5.28. The van der Waals surface area contributed by atoms with Crippen molar-refractivity contribution >= 4 is 21.8 Å². The van der Waals surface area contributed by atoms with Gasteiger partial charge < -0.3 is 15.4 Å². The largest absolute Gasteiger partial charge is 0.360 e. The highest BCUT2D eigenvalue weighted by Gasteiger charge is 2.36. The Balaban J connectivity index is 2.19. The van der Waals surface area contributed by atoms with Crippen LogP contribution in [0, 0.1) is 20.8 Å². The van der Waals surface area contributed by atoms with E-state index in [4.69, 9.17) is 4.74 Å². The first kappa shape index (κ1) is 22.1. The summed E-state index contributed by atoms with van der Waals surface area (Å²) in [5.41, 5.74) is 2.31. The summed E-state index contributed by atoms with van der Waals surface area (Å²) >= 11 is 0. The van der Waals surface area contributed by atoms with Gasteiger partial charge in [-0.05, 0) is 38.3 Å². The molecule has 1 heterocycles. The highest BCUT2D eigenvalue weighted by Crippen LogP contribution is 2.28. The quantitative estimate of drug-likeness (QED) is 0.533. The van der Waals surface area contributed by atoms with E-state index in [-0.39, 0.29) is 24.5 Å². The van der Waals surface area contributed by atoms with Gasteiger partial charge in [-0.25, -0.2) is 8.42 Å². The summed E-state index contributed by atoms with van der Waals surface area (Å²) < 4.78 is 33.5. The van der Waals surface area contributed by atoms with E-state index in [1.165, 1.54) is 10.4 Å². The monoisotopic (exact) mass is 409 g/mol. The van der Waals surface area contributed by atoms with Crippen LogP contribution >= 0.6 is 0 Å². The summed E-state index contributed by atoms with van der Waals surface area (Å²) in [5, 5.41) is 4.80. The van der Waals surface area contributed by atoms with Gasteiger partial charge in [0.05, 0.1) is 18.0 Å². The number of carbonyl (C=O) groups excluding carboxylic acids is 2. The van der Waals surface area contributed by atoms with E-state index in [2.05, 4.69) is 17.2 Å². The van der Waals surface area contributed by atoms with Gasteiger partial charge in [0.25, 0.3) is 0 Å². The summed E-state index contributed by atoms with van der Waals surface area (Å²) in [6, 6.07) is 3.65. The molecule has 28 heavy (non-hydrogen) atoms. The third-order valence-electron chi connectivity index (χ3n) is 4.38. The third-order valence-corrected chi connectivity index (χ3v) is 6.57. The number of nitrogens with zero attached hydrogens (tertiary/aromatic N) is 1. The molecule has 154 valence electrons. The number of hydrogen-bond donors (Lipinski definition) is 2. The van der Waals surface area contributed by atoms with Crippen molar-refractivity contribution in [1.82, 2.24) is 14.9 Å². The summed E-state index contributed by atoms with van der Waals surface area (Å²) in [4.78, 5) is 23.8. The molecule has 2 N–H and O–H groups in total. The molecule has 0 aliphatic carbocycles. The van der Waals surface area contributed by atoms with Gasteiger partial charge in [-0.3, -0.25) is 9.59 Å². The molecule has 0 spiro atoms. The number of amides is 2. The number of aryl methyl sites for hydroxylation is 3. The molecule has 1 aliphatic rings. The lowest BCUT2D eigenvalue weighted by molar-refractivity contribution is -0.140. The van der Waals surface area contributed by atoms with Crippen molar-refractivity contribution in [3.8, 4) is 0 Å². The van der Waals surface area contributed by atoms with Crippen LogP contribution in [-0.4, -0.2) is 57.0 Å². The minimum atomic E-state index is -3.83. The molecular formula is C19H27N3O5S. The zero-order chi connectivity index (χ0) is 20.9. The van der Waals surface area contributed by atoms with Crippen molar-refractivity contribution in [1.29, 1.82) is 0 Å². The first-order chi connectivity index (χ1) is 13.2. The Labute approximate surface area is 166 Å². The topological polar surface area (TPSA) is 105 Å². The molecule has 0 unspecified atom stereocenters. The first-order valence-corrected chi connectivity index (χ1v) is 10.5. The first-order valence-electron chi connectivity index (χ1n) is 9.06. The van der Waals surface area contributed by atoms with Gasteiger partial charge in [0.1, 0.15) is 6.23 Å². The molecule has 1 aromatic carbocycles. The molecule has 2 rings (SSSR count). The SMILES string of the molecule is C=CCNC(=O)C(=O)NC[C@@H]1OCCCN1S(=O)(=O)c1c(C)cc(C)cc1C. The predicted octanol–water partition coefficient (Wildman–Crippen LogP) is 0.767. The third kappa shape index (κ3) is 4.98. The summed E-state index contributed by atoms with van der Waals surface area (Å²) in [7, 11) is -3.83.